The molecule has 0 bridgehead atoms. The molecule has 0 radical (unpaired) electrons. The van der Waals surface area contributed by atoms with Crippen LogP contribution in [0.5, 0.6) is 0 Å². The van der Waals surface area contributed by atoms with Gasteiger partial charge in [-0.2, -0.15) is 0 Å². The Kier molecular flexibility index (Phi) is 9.64. The third kappa shape index (κ3) is 5.98. The Morgan fingerprint density at radius 1 is 1.11 bits per heavy atom. The monoisotopic (exact) mass is 536 g/mol. The highest BCUT2D eigenvalue weighted by molar-refractivity contribution is 5.98. The number of benzene rings is 2. The second-order valence-electron chi connectivity index (χ2n) is 10.7. The van der Waals surface area contributed by atoms with Gasteiger partial charge in [0.05, 0.1) is 23.7 Å². The summed E-state index contributed by atoms with van der Waals surface area (Å²) in [5.74, 6) is -0.0204. The SMILES string of the molecule is CCCCC1(O)CCCCC1n1cnc(C(=O)N2CCNC[C@H]2Cc2ccccc2)c1-c1ccccc1.Cl. The number of carbonyl (C=O) groups excluding carboxylic acids is 1. The molecule has 2 N–H and O–H groups in total. The van der Waals surface area contributed by atoms with Crippen LogP contribution in [0.1, 0.15) is 74.0 Å². The Labute approximate surface area is 232 Å². The van der Waals surface area contributed by atoms with Gasteiger partial charge in [-0.05, 0) is 31.2 Å². The van der Waals surface area contributed by atoms with Crippen LogP contribution in [-0.2, 0) is 6.42 Å². The molecule has 3 atom stereocenters. The van der Waals surface area contributed by atoms with Crippen LogP contribution in [0.2, 0.25) is 0 Å². The standard InChI is InChI=1S/C31H40N4O2.ClH/c1-2-3-17-31(37)18-11-10-16-27(31)35-23-33-28(29(35)25-14-8-5-9-15-25)30(36)34-20-19-32-22-26(34)21-24-12-6-4-7-13-24;/h4-9,12-15,23,26-27,32,37H,2-3,10-11,16-22H2,1H3;1H/t26-,27?,31?;/m1./s1. The Bertz CT molecular complexity index is 1170. The molecule has 1 saturated carbocycles. The van der Waals surface area contributed by atoms with Gasteiger partial charge in [0.25, 0.3) is 5.91 Å². The second-order valence-corrected chi connectivity index (χ2v) is 10.7. The molecule has 1 aromatic heterocycles. The first-order chi connectivity index (χ1) is 18.1. The van der Waals surface area contributed by atoms with E-state index in [4.69, 9.17) is 4.98 Å². The lowest BCUT2D eigenvalue weighted by Crippen LogP contribution is -2.54. The van der Waals surface area contributed by atoms with Gasteiger partial charge >= 0.3 is 0 Å². The number of nitrogens with one attached hydrogen (secondary N) is 1. The molecule has 2 heterocycles. The number of halogens is 1. The minimum Gasteiger partial charge on any atom is -0.388 e. The van der Waals surface area contributed by atoms with Crippen molar-refractivity contribution in [3.05, 3.63) is 78.2 Å². The first kappa shape index (κ1) is 28.3. The fraction of sp³-hybridized carbons (Fsp3) is 0.484. The fourth-order valence-electron chi connectivity index (χ4n) is 6.25. The first-order valence-corrected chi connectivity index (χ1v) is 14.0. The van der Waals surface area contributed by atoms with E-state index in [1.165, 1.54) is 5.56 Å². The number of aliphatic hydroxyl groups is 1. The summed E-state index contributed by atoms with van der Waals surface area (Å²) >= 11 is 0. The molecular formula is C31H41ClN4O2. The molecule has 0 spiro atoms. The van der Waals surface area contributed by atoms with Gasteiger partial charge in [-0.15, -0.1) is 12.4 Å². The zero-order valence-electron chi connectivity index (χ0n) is 22.4. The maximum absolute atomic E-state index is 14.2. The van der Waals surface area contributed by atoms with Crippen LogP contribution in [0, 0.1) is 0 Å². The quantitative estimate of drug-likeness (QED) is 0.389. The molecule has 5 rings (SSSR count). The summed E-state index contributed by atoms with van der Waals surface area (Å²) in [5.41, 5.74) is 2.76. The fourth-order valence-corrected chi connectivity index (χ4v) is 6.25. The third-order valence-corrected chi connectivity index (χ3v) is 8.23. The molecule has 2 aromatic carbocycles. The van der Waals surface area contributed by atoms with Crippen molar-refractivity contribution in [2.75, 3.05) is 19.6 Å². The van der Waals surface area contributed by atoms with Crippen LogP contribution in [0.4, 0.5) is 0 Å². The number of aromatic nitrogens is 2. The Morgan fingerprint density at radius 3 is 2.58 bits per heavy atom. The van der Waals surface area contributed by atoms with E-state index in [0.29, 0.717) is 12.2 Å². The zero-order valence-corrected chi connectivity index (χ0v) is 23.2. The average molecular weight is 537 g/mol. The molecule has 1 aliphatic heterocycles. The van der Waals surface area contributed by atoms with E-state index in [-0.39, 0.29) is 30.4 Å². The topological polar surface area (TPSA) is 70.4 Å². The number of nitrogens with zero attached hydrogens (tertiary/aromatic N) is 3. The molecule has 2 unspecified atom stereocenters. The van der Waals surface area contributed by atoms with Crippen LogP contribution in [-0.4, -0.2) is 56.7 Å². The van der Waals surface area contributed by atoms with Gasteiger partial charge < -0.3 is 19.9 Å². The predicted octanol–water partition coefficient (Wildman–Crippen LogP) is 5.67. The van der Waals surface area contributed by atoms with Crippen molar-refractivity contribution in [1.82, 2.24) is 19.8 Å². The highest BCUT2D eigenvalue weighted by Gasteiger charge is 2.41. The number of hydrogen-bond donors (Lipinski definition) is 2. The minimum absolute atomic E-state index is 0. The second kappa shape index (κ2) is 12.9. The maximum atomic E-state index is 14.2. The third-order valence-electron chi connectivity index (χ3n) is 8.23. The first-order valence-electron chi connectivity index (χ1n) is 14.0. The Hall–Kier alpha value is -2.67. The largest absolute Gasteiger partial charge is 0.388 e. The summed E-state index contributed by atoms with van der Waals surface area (Å²) in [4.78, 5) is 21.0. The van der Waals surface area contributed by atoms with Gasteiger partial charge in [0.2, 0.25) is 0 Å². The highest BCUT2D eigenvalue weighted by atomic mass is 35.5. The molecule has 3 aromatic rings. The van der Waals surface area contributed by atoms with Crippen LogP contribution in [0.15, 0.2) is 67.0 Å². The molecule has 204 valence electrons. The Balaban J connectivity index is 0.00000336. The van der Waals surface area contributed by atoms with Crippen molar-refractivity contribution >= 4 is 18.3 Å². The Morgan fingerprint density at radius 2 is 1.84 bits per heavy atom. The molecule has 1 aliphatic carbocycles. The van der Waals surface area contributed by atoms with Gasteiger partial charge in [0.15, 0.2) is 5.69 Å². The molecule has 1 saturated heterocycles. The number of rotatable bonds is 8. The van der Waals surface area contributed by atoms with E-state index in [1.807, 2.05) is 35.5 Å². The van der Waals surface area contributed by atoms with E-state index in [0.717, 1.165) is 75.7 Å². The van der Waals surface area contributed by atoms with Crippen molar-refractivity contribution < 1.29 is 9.90 Å². The van der Waals surface area contributed by atoms with E-state index in [1.54, 1.807) is 0 Å². The van der Waals surface area contributed by atoms with Crippen LogP contribution >= 0.6 is 12.4 Å². The van der Waals surface area contributed by atoms with Crippen LogP contribution in [0.25, 0.3) is 11.3 Å². The number of carbonyl (C=O) groups is 1. The van der Waals surface area contributed by atoms with Crippen molar-refractivity contribution in [2.45, 2.75) is 76.0 Å². The lowest BCUT2D eigenvalue weighted by molar-refractivity contribution is -0.0492. The van der Waals surface area contributed by atoms with Gasteiger partial charge in [-0.3, -0.25) is 4.79 Å². The minimum atomic E-state index is -0.774. The summed E-state index contributed by atoms with van der Waals surface area (Å²) in [6.45, 7) is 4.37. The van der Waals surface area contributed by atoms with Crippen molar-refractivity contribution in [3.63, 3.8) is 0 Å². The predicted molar refractivity (Wildman–Crippen MR) is 155 cm³/mol. The number of imidazole rings is 1. The molecule has 38 heavy (non-hydrogen) atoms. The number of hydrogen-bond acceptors (Lipinski definition) is 4. The highest BCUT2D eigenvalue weighted by Crippen LogP contribution is 2.43. The lowest BCUT2D eigenvalue weighted by atomic mass is 9.77. The lowest BCUT2D eigenvalue weighted by Gasteiger charge is -2.41. The summed E-state index contributed by atoms with van der Waals surface area (Å²) in [5, 5.41) is 15.3. The summed E-state index contributed by atoms with van der Waals surface area (Å²) in [6.07, 6.45) is 9.26. The molecule has 2 fully saturated rings. The van der Waals surface area contributed by atoms with E-state index in [2.05, 4.69) is 53.2 Å². The van der Waals surface area contributed by atoms with Crippen LogP contribution in [0.3, 0.4) is 0 Å². The maximum Gasteiger partial charge on any atom is 0.275 e. The summed E-state index contributed by atoms with van der Waals surface area (Å²) < 4.78 is 2.13. The van der Waals surface area contributed by atoms with E-state index in [9.17, 15) is 9.90 Å². The number of unbranched alkanes of at least 4 members (excludes halogenated alkanes) is 1. The van der Waals surface area contributed by atoms with Gasteiger partial charge in [0, 0.05) is 31.2 Å². The van der Waals surface area contributed by atoms with Crippen LogP contribution < -0.4 is 5.32 Å². The average Bonchev–Trinajstić information content (AvgIpc) is 3.38. The molecular weight excluding hydrogens is 496 g/mol. The summed E-state index contributed by atoms with van der Waals surface area (Å²) in [7, 11) is 0. The van der Waals surface area contributed by atoms with Crippen molar-refractivity contribution in [2.24, 2.45) is 0 Å². The normalized spacial score (nSPS) is 23.6. The molecule has 6 nitrogen and oxygen atoms in total. The molecule has 2 aliphatic rings. The summed E-state index contributed by atoms with van der Waals surface area (Å²) in [6, 6.07) is 20.5. The van der Waals surface area contributed by atoms with Gasteiger partial charge in [-0.25, -0.2) is 4.98 Å². The zero-order chi connectivity index (χ0) is 25.7. The van der Waals surface area contributed by atoms with Crippen molar-refractivity contribution in [3.8, 4) is 11.3 Å². The molecule has 1 amide bonds. The number of amides is 1. The molecule has 7 heteroatoms. The van der Waals surface area contributed by atoms with Gasteiger partial charge in [-0.1, -0.05) is 93.3 Å². The van der Waals surface area contributed by atoms with E-state index < -0.39 is 5.60 Å². The van der Waals surface area contributed by atoms with E-state index >= 15 is 0 Å². The van der Waals surface area contributed by atoms with Gasteiger partial charge in [0.1, 0.15) is 0 Å². The smallest absolute Gasteiger partial charge is 0.275 e. The van der Waals surface area contributed by atoms with Crippen molar-refractivity contribution in [1.29, 1.82) is 0 Å². The number of piperazine rings is 1.